The van der Waals surface area contributed by atoms with Gasteiger partial charge in [-0.1, -0.05) is 13.8 Å². The van der Waals surface area contributed by atoms with E-state index in [0.29, 0.717) is 0 Å². The first kappa shape index (κ1) is 12.9. The highest BCUT2D eigenvalue weighted by Gasteiger charge is 2.32. The Balaban J connectivity index is 3.28. The molecule has 90 valence electrons. The Hall–Kier alpha value is -1.20. The van der Waals surface area contributed by atoms with Crippen molar-refractivity contribution in [2.24, 2.45) is 11.1 Å². The average Bonchev–Trinajstić information content (AvgIpc) is 2.24. The van der Waals surface area contributed by atoms with Gasteiger partial charge < -0.3 is 15.9 Å². The van der Waals surface area contributed by atoms with Gasteiger partial charge in [-0.05, 0) is 12.1 Å². The Labute approximate surface area is 92.5 Å². The molecule has 0 unspecified atom stereocenters. The predicted octanol–water partition coefficient (Wildman–Crippen LogP) is 1.69. The van der Waals surface area contributed by atoms with E-state index in [1.165, 1.54) is 0 Å². The molecule has 0 bridgehead atoms. The smallest absolute Gasteiger partial charge is 0.165 e. The third-order valence-electron chi connectivity index (χ3n) is 2.68. The van der Waals surface area contributed by atoms with Crippen LogP contribution in [0, 0.1) is 17.0 Å². The van der Waals surface area contributed by atoms with Crippen molar-refractivity contribution >= 4 is 0 Å². The molecule has 0 saturated carbocycles. The summed E-state index contributed by atoms with van der Waals surface area (Å²) in [5, 5.41) is 18.5. The lowest BCUT2D eigenvalue weighted by atomic mass is 9.81. The Morgan fingerprint density at radius 3 is 2.31 bits per heavy atom. The van der Waals surface area contributed by atoms with Gasteiger partial charge in [0.15, 0.2) is 11.6 Å². The fraction of sp³-hybridized carbons (Fsp3) is 0.455. The number of phenolic OH excluding ortho intramolecular Hbond substituents is 1. The number of aliphatic hydroxyl groups is 1. The molecule has 0 fully saturated rings. The van der Waals surface area contributed by atoms with Crippen molar-refractivity contribution in [3.8, 4) is 5.75 Å². The highest BCUT2D eigenvalue weighted by Crippen LogP contribution is 2.37. The lowest BCUT2D eigenvalue weighted by Gasteiger charge is -2.30. The number of nitrogens with two attached hydrogens (primary N) is 1. The molecule has 0 aliphatic heterocycles. The summed E-state index contributed by atoms with van der Waals surface area (Å²) in [6.07, 6.45) is 0. The molecular weight excluding hydrogens is 216 g/mol. The molecule has 0 aliphatic rings. The minimum Gasteiger partial charge on any atom is -0.505 e. The maximum absolute atomic E-state index is 13.5. The van der Waals surface area contributed by atoms with E-state index in [1.807, 2.05) is 0 Å². The zero-order valence-electron chi connectivity index (χ0n) is 9.17. The molecule has 0 amide bonds. The van der Waals surface area contributed by atoms with E-state index in [9.17, 15) is 13.9 Å². The molecule has 1 rings (SSSR count). The summed E-state index contributed by atoms with van der Waals surface area (Å²) in [6.45, 7) is 2.90. The summed E-state index contributed by atoms with van der Waals surface area (Å²) in [6, 6.07) is 0.734. The van der Waals surface area contributed by atoms with Crippen molar-refractivity contribution in [1.82, 2.24) is 0 Å². The molecule has 0 heterocycles. The van der Waals surface area contributed by atoms with Crippen LogP contribution in [0.3, 0.4) is 0 Å². The third kappa shape index (κ3) is 2.15. The highest BCUT2D eigenvalue weighted by atomic mass is 19.1. The number of benzene rings is 1. The molecule has 1 aromatic carbocycles. The number of phenols is 1. The number of hydrogen-bond acceptors (Lipinski definition) is 3. The van der Waals surface area contributed by atoms with Crippen LogP contribution in [-0.2, 0) is 0 Å². The van der Waals surface area contributed by atoms with Gasteiger partial charge in [0.2, 0.25) is 0 Å². The van der Waals surface area contributed by atoms with Crippen LogP contribution < -0.4 is 5.73 Å². The van der Waals surface area contributed by atoms with Crippen molar-refractivity contribution in [3.05, 3.63) is 29.3 Å². The van der Waals surface area contributed by atoms with Crippen LogP contribution in [0.15, 0.2) is 12.1 Å². The summed E-state index contributed by atoms with van der Waals surface area (Å²) in [5.41, 5.74) is 4.57. The number of halogens is 2. The van der Waals surface area contributed by atoms with Gasteiger partial charge in [0.05, 0.1) is 0 Å². The number of aromatic hydroxyl groups is 1. The van der Waals surface area contributed by atoms with E-state index in [2.05, 4.69) is 0 Å². The van der Waals surface area contributed by atoms with Crippen LogP contribution >= 0.6 is 0 Å². The average molecular weight is 231 g/mol. The molecule has 0 saturated heterocycles. The zero-order chi connectivity index (χ0) is 12.5. The largest absolute Gasteiger partial charge is 0.505 e. The SMILES string of the molecule is CC(C)(CO)[C@H](N)c1c(F)ccc(F)c1O. The van der Waals surface area contributed by atoms with Crippen molar-refractivity contribution in [3.63, 3.8) is 0 Å². The summed E-state index contributed by atoms with van der Waals surface area (Å²) in [4.78, 5) is 0. The first-order valence-corrected chi connectivity index (χ1v) is 4.84. The monoisotopic (exact) mass is 231 g/mol. The number of rotatable bonds is 3. The predicted molar refractivity (Wildman–Crippen MR) is 55.8 cm³/mol. The quantitative estimate of drug-likeness (QED) is 0.741. The second-order valence-electron chi connectivity index (χ2n) is 4.42. The van der Waals surface area contributed by atoms with Crippen molar-refractivity contribution in [2.45, 2.75) is 19.9 Å². The highest BCUT2D eigenvalue weighted by molar-refractivity contribution is 5.38. The van der Waals surface area contributed by atoms with Crippen LogP contribution in [-0.4, -0.2) is 16.8 Å². The zero-order valence-corrected chi connectivity index (χ0v) is 9.17. The Morgan fingerprint density at radius 1 is 1.31 bits per heavy atom. The van der Waals surface area contributed by atoms with Crippen molar-refractivity contribution in [1.29, 1.82) is 0 Å². The Kier molecular flexibility index (Phi) is 3.50. The minimum absolute atomic E-state index is 0.302. The van der Waals surface area contributed by atoms with Gasteiger partial charge in [-0.3, -0.25) is 0 Å². The molecule has 4 N–H and O–H groups in total. The van der Waals surface area contributed by atoms with Gasteiger partial charge in [0, 0.05) is 23.6 Å². The molecule has 0 radical (unpaired) electrons. The van der Waals surface area contributed by atoms with E-state index < -0.39 is 28.8 Å². The second-order valence-corrected chi connectivity index (χ2v) is 4.42. The summed E-state index contributed by atoms with van der Waals surface area (Å²) in [5.74, 6) is -2.51. The molecule has 1 aromatic rings. The van der Waals surface area contributed by atoms with E-state index in [1.54, 1.807) is 13.8 Å². The van der Waals surface area contributed by atoms with Crippen LogP contribution in [0.5, 0.6) is 5.75 Å². The van der Waals surface area contributed by atoms with E-state index >= 15 is 0 Å². The lowest BCUT2D eigenvalue weighted by molar-refractivity contribution is 0.129. The van der Waals surface area contributed by atoms with Gasteiger partial charge in [-0.15, -0.1) is 0 Å². The molecule has 0 aromatic heterocycles. The molecule has 5 heteroatoms. The van der Waals surface area contributed by atoms with Gasteiger partial charge in [0.1, 0.15) is 5.82 Å². The van der Waals surface area contributed by atoms with Gasteiger partial charge in [-0.25, -0.2) is 8.78 Å². The van der Waals surface area contributed by atoms with Gasteiger partial charge in [0.25, 0.3) is 0 Å². The van der Waals surface area contributed by atoms with Gasteiger partial charge in [-0.2, -0.15) is 0 Å². The van der Waals surface area contributed by atoms with Crippen molar-refractivity contribution in [2.75, 3.05) is 6.61 Å². The van der Waals surface area contributed by atoms with Crippen LogP contribution in [0.2, 0.25) is 0 Å². The van der Waals surface area contributed by atoms with Crippen LogP contribution in [0.25, 0.3) is 0 Å². The normalized spacial score (nSPS) is 13.9. The van der Waals surface area contributed by atoms with Gasteiger partial charge >= 0.3 is 0 Å². The standard InChI is InChI=1S/C11H15F2NO2/c1-11(2,5-15)10(14)8-6(12)3-4-7(13)9(8)16/h3-4,10,15-16H,5,14H2,1-2H3/t10-/m1/s1. The van der Waals surface area contributed by atoms with Crippen LogP contribution in [0.1, 0.15) is 25.5 Å². The number of aliphatic hydroxyl groups excluding tert-OH is 1. The summed E-state index contributed by atoms with van der Waals surface area (Å²) >= 11 is 0. The maximum atomic E-state index is 13.5. The topological polar surface area (TPSA) is 66.5 Å². The van der Waals surface area contributed by atoms with E-state index in [4.69, 9.17) is 10.8 Å². The summed E-state index contributed by atoms with van der Waals surface area (Å²) < 4.78 is 26.5. The molecule has 1 atom stereocenters. The molecule has 0 aliphatic carbocycles. The number of hydrogen-bond donors (Lipinski definition) is 3. The first-order chi connectivity index (χ1) is 7.31. The fourth-order valence-electron chi connectivity index (χ4n) is 1.34. The first-order valence-electron chi connectivity index (χ1n) is 4.84. The van der Waals surface area contributed by atoms with Crippen molar-refractivity contribution < 1.29 is 19.0 Å². The maximum Gasteiger partial charge on any atom is 0.165 e. The molecular formula is C11H15F2NO2. The molecule has 3 nitrogen and oxygen atoms in total. The minimum atomic E-state index is -0.992. The lowest BCUT2D eigenvalue weighted by Crippen LogP contribution is -2.33. The van der Waals surface area contributed by atoms with Crippen LogP contribution in [0.4, 0.5) is 8.78 Å². The van der Waals surface area contributed by atoms with E-state index in [-0.39, 0.29) is 12.2 Å². The third-order valence-corrected chi connectivity index (χ3v) is 2.68. The Bertz CT molecular complexity index is 394. The van der Waals surface area contributed by atoms with E-state index in [0.717, 1.165) is 12.1 Å². The fourth-order valence-corrected chi connectivity index (χ4v) is 1.34. The molecule has 16 heavy (non-hydrogen) atoms. The molecule has 0 spiro atoms. The Morgan fingerprint density at radius 2 is 1.81 bits per heavy atom. The summed E-state index contributed by atoms with van der Waals surface area (Å²) in [7, 11) is 0. The second kappa shape index (κ2) is 4.35.